The third-order valence-electron chi connectivity index (χ3n) is 1.86. The van der Waals surface area contributed by atoms with Crippen LogP contribution in [0.25, 0.3) is 0 Å². The van der Waals surface area contributed by atoms with Crippen LogP contribution >= 0.6 is 0 Å². The highest BCUT2D eigenvalue weighted by atomic mass is 16.6. The van der Waals surface area contributed by atoms with Gasteiger partial charge in [-0.1, -0.05) is 0 Å². The van der Waals surface area contributed by atoms with Crippen LogP contribution in [0.15, 0.2) is 0 Å². The Bertz CT molecular complexity index is 250. The van der Waals surface area contributed by atoms with E-state index in [0.29, 0.717) is 0 Å². The Morgan fingerprint density at radius 2 is 1.83 bits per heavy atom. The Hall–Kier alpha value is -1.53. The first-order chi connectivity index (χ1) is 5.52. The standard InChI is InChI=1S/C5H6N2O5/c8-5-2-3(6(9)10)1-4(5)7(11)12/h3-4H,1-2H2. The van der Waals surface area contributed by atoms with E-state index >= 15 is 0 Å². The van der Waals surface area contributed by atoms with E-state index in [-0.39, 0.29) is 12.8 Å². The number of nitro groups is 2. The minimum Gasteiger partial charge on any atom is -0.292 e. The highest BCUT2D eigenvalue weighted by molar-refractivity contribution is 5.85. The second-order valence-corrected chi connectivity index (χ2v) is 2.65. The molecule has 12 heavy (non-hydrogen) atoms. The zero-order chi connectivity index (χ0) is 9.30. The van der Waals surface area contributed by atoms with Crippen LogP contribution in [0.3, 0.4) is 0 Å². The number of nitrogens with zero attached hydrogens (tertiary/aromatic N) is 2. The van der Waals surface area contributed by atoms with Gasteiger partial charge in [0.15, 0.2) is 0 Å². The van der Waals surface area contributed by atoms with Gasteiger partial charge in [-0.2, -0.15) is 0 Å². The number of hydrogen-bond acceptors (Lipinski definition) is 5. The summed E-state index contributed by atoms with van der Waals surface area (Å²) in [4.78, 5) is 29.7. The third kappa shape index (κ3) is 1.39. The predicted molar refractivity (Wildman–Crippen MR) is 35.8 cm³/mol. The minimum atomic E-state index is -1.36. The van der Waals surface area contributed by atoms with Crippen LogP contribution in [-0.2, 0) is 4.79 Å². The SMILES string of the molecule is O=C1CC([N+](=O)[O-])CC1[N+](=O)[O-]. The van der Waals surface area contributed by atoms with Crippen LogP contribution in [0.5, 0.6) is 0 Å². The van der Waals surface area contributed by atoms with Crippen molar-refractivity contribution in [2.45, 2.75) is 24.9 Å². The van der Waals surface area contributed by atoms with Gasteiger partial charge >= 0.3 is 0 Å². The number of carbonyl (C=O) groups is 1. The van der Waals surface area contributed by atoms with E-state index in [0.717, 1.165) is 0 Å². The molecule has 0 aromatic heterocycles. The molecule has 0 N–H and O–H groups in total. The molecule has 0 aromatic rings. The molecule has 7 heteroatoms. The normalized spacial score (nSPS) is 28.8. The van der Waals surface area contributed by atoms with Crippen LogP contribution in [-0.4, -0.2) is 27.7 Å². The Labute approximate surface area is 66.7 Å². The summed E-state index contributed by atoms with van der Waals surface area (Å²) in [6.07, 6.45) is -0.572. The van der Waals surface area contributed by atoms with Crippen molar-refractivity contribution in [2.24, 2.45) is 0 Å². The molecule has 2 atom stereocenters. The summed E-state index contributed by atoms with van der Waals surface area (Å²) in [5.41, 5.74) is 0. The Morgan fingerprint density at radius 1 is 1.25 bits per heavy atom. The molecule has 1 aliphatic rings. The lowest BCUT2D eigenvalue weighted by molar-refractivity contribution is -0.541. The van der Waals surface area contributed by atoms with Gasteiger partial charge in [-0.05, 0) is 0 Å². The molecule has 2 unspecified atom stereocenters. The molecule has 1 aliphatic carbocycles. The van der Waals surface area contributed by atoms with Gasteiger partial charge < -0.3 is 0 Å². The zero-order valence-corrected chi connectivity index (χ0v) is 6.00. The maximum atomic E-state index is 10.8. The fourth-order valence-electron chi connectivity index (χ4n) is 1.20. The van der Waals surface area contributed by atoms with E-state index < -0.39 is 27.7 Å². The molecule has 0 radical (unpaired) electrons. The smallest absolute Gasteiger partial charge is 0.277 e. The molecule has 1 fully saturated rings. The van der Waals surface area contributed by atoms with Crippen molar-refractivity contribution >= 4 is 5.78 Å². The molecule has 0 spiro atoms. The molecule has 7 nitrogen and oxygen atoms in total. The molecule has 0 aromatic carbocycles. The Kier molecular flexibility index (Phi) is 2.03. The summed E-state index contributed by atoms with van der Waals surface area (Å²) in [7, 11) is 0. The molecule has 0 bridgehead atoms. The molecule has 66 valence electrons. The van der Waals surface area contributed by atoms with Gasteiger partial charge in [0, 0.05) is 9.85 Å². The Balaban J connectivity index is 2.68. The van der Waals surface area contributed by atoms with Gasteiger partial charge in [0.05, 0.1) is 12.8 Å². The van der Waals surface area contributed by atoms with Gasteiger partial charge in [0.1, 0.15) is 0 Å². The molecular formula is C5H6N2O5. The largest absolute Gasteiger partial charge is 0.292 e. The lowest BCUT2D eigenvalue weighted by atomic mass is 10.2. The van der Waals surface area contributed by atoms with Gasteiger partial charge in [-0.3, -0.25) is 25.0 Å². The van der Waals surface area contributed by atoms with Crippen molar-refractivity contribution in [3.8, 4) is 0 Å². The van der Waals surface area contributed by atoms with E-state index in [2.05, 4.69) is 0 Å². The van der Waals surface area contributed by atoms with Crippen LogP contribution in [0.4, 0.5) is 0 Å². The first-order valence-corrected chi connectivity index (χ1v) is 3.32. The van der Waals surface area contributed by atoms with Crippen molar-refractivity contribution in [2.75, 3.05) is 0 Å². The molecule has 1 rings (SSSR count). The monoisotopic (exact) mass is 174 g/mol. The fraction of sp³-hybridized carbons (Fsp3) is 0.800. The summed E-state index contributed by atoms with van der Waals surface area (Å²) in [5, 5.41) is 20.3. The summed E-state index contributed by atoms with van der Waals surface area (Å²) in [6, 6.07) is -2.42. The van der Waals surface area contributed by atoms with Crippen LogP contribution in [0.2, 0.25) is 0 Å². The maximum absolute atomic E-state index is 10.8. The third-order valence-corrected chi connectivity index (χ3v) is 1.86. The van der Waals surface area contributed by atoms with E-state index in [9.17, 15) is 25.0 Å². The summed E-state index contributed by atoms with van der Waals surface area (Å²) in [5.74, 6) is -0.637. The van der Waals surface area contributed by atoms with Gasteiger partial charge in [0.2, 0.25) is 11.8 Å². The molecule has 0 amide bonds. The number of hydrogen-bond donors (Lipinski definition) is 0. The molecule has 0 heterocycles. The quantitative estimate of drug-likeness (QED) is 0.420. The zero-order valence-electron chi connectivity index (χ0n) is 6.00. The van der Waals surface area contributed by atoms with E-state index in [1.165, 1.54) is 0 Å². The van der Waals surface area contributed by atoms with Crippen molar-refractivity contribution in [1.82, 2.24) is 0 Å². The van der Waals surface area contributed by atoms with E-state index in [4.69, 9.17) is 0 Å². The lowest BCUT2D eigenvalue weighted by Crippen LogP contribution is -2.24. The Morgan fingerprint density at radius 3 is 2.08 bits per heavy atom. The summed E-state index contributed by atoms with van der Waals surface area (Å²) < 4.78 is 0. The second kappa shape index (κ2) is 2.84. The fourth-order valence-corrected chi connectivity index (χ4v) is 1.20. The van der Waals surface area contributed by atoms with Crippen molar-refractivity contribution in [3.63, 3.8) is 0 Å². The van der Waals surface area contributed by atoms with Crippen LogP contribution < -0.4 is 0 Å². The maximum Gasteiger partial charge on any atom is 0.277 e. The number of ketones is 1. The first kappa shape index (κ1) is 8.57. The van der Waals surface area contributed by atoms with E-state index in [1.54, 1.807) is 0 Å². The second-order valence-electron chi connectivity index (χ2n) is 2.65. The summed E-state index contributed by atoms with van der Waals surface area (Å²) >= 11 is 0. The summed E-state index contributed by atoms with van der Waals surface area (Å²) in [6.45, 7) is 0. The van der Waals surface area contributed by atoms with E-state index in [1.807, 2.05) is 0 Å². The molecule has 0 aliphatic heterocycles. The number of carbonyl (C=O) groups excluding carboxylic acids is 1. The highest BCUT2D eigenvalue weighted by Crippen LogP contribution is 2.20. The van der Waals surface area contributed by atoms with Crippen LogP contribution in [0.1, 0.15) is 12.8 Å². The van der Waals surface area contributed by atoms with Gasteiger partial charge in [-0.25, -0.2) is 0 Å². The number of rotatable bonds is 2. The predicted octanol–water partition coefficient (Wildman–Crippen LogP) is -0.360. The number of Topliss-reactive ketones (excluding diaryl/α,β-unsaturated/α-hetero) is 1. The molecular weight excluding hydrogens is 168 g/mol. The first-order valence-electron chi connectivity index (χ1n) is 3.32. The average Bonchev–Trinajstić information content (AvgIpc) is 2.30. The van der Waals surface area contributed by atoms with Crippen molar-refractivity contribution in [3.05, 3.63) is 20.2 Å². The molecule has 0 saturated heterocycles. The van der Waals surface area contributed by atoms with Gasteiger partial charge in [0.25, 0.3) is 6.04 Å². The molecule has 1 saturated carbocycles. The average molecular weight is 174 g/mol. The highest BCUT2D eigenvalue weighted by Gasteiger charge is 2.46. The minimum absolute atomic E-state index is 0.265. The lowest BCUT2D eigenvalue weighted by Gasteiger charge is -1.96. The topological polar surface area (TPSA) is 103 Å². The van der Waals surface area contributed by atoms with Gasteiger partial charge in [-0.15, -0.1) is 0 Å². The van der Waals surface area contributed by atoms with Crippen LogP contribution in [0, 0.1) is 20.2 Å². The van der Waals surface area contributed by atoms with Crippen molar-refractivity contribution in [1.29, 1.82) is 0 Å². The van der Waals surface area contributed by atoms with Crippen molar-refractivity contribution < 1.29 is 14.6 Å².